The number of carbonyl (C=O) groups is 2. The van der Waals surface area contributed by atoms with E-state index < -0.39 is 5.97 Å². The molecule has 21 heavy (non-hydrogen) atoms. The van der Waals surface area contributed by atoms with Crippen LogP contribution in [0.4, 0.5) is 5.69 Å². The smallest absolute Gasteiger partial charge is 0.328 e. The van der Waals surface area contributed by atoms with Crippen LogP contribution in [0.2, 0.25) is 0 Å². The lowest BCUT2D eigenvalue weighted by Crippen LogP contribution is -2.24. The Balaban J connectivity index is 2.07. The van der Waals surface area contributed by atoms with Gasteiger partial charge in [-0.25, -0.2) is 4.79 Å². The summed E-state index contributed by atoms with van der Waals surface area (Å²) in [6, 6.07) is 5.56. The fraction of sp³-hybridized carbons (Fsp3) is 0.412. The summed E-state index contributed by atoms with van der Waals surface area (Å²) in [6.07, 6.45) is 8.05. The van der Waals surface area contributed by atoms with Crippen molar-refractivity contribution in [3.05, 3.63) is 35.4 Å². The van der Waals surface area contributed by atoms with E-state index in [1.54, 1.807) is 6.08 Å². The molecule has 1 aromatic rings. The number of rotatable bonds is 4. The van der Waals surface area contributed by atoms with Crippen LogP contribution in [0.15, 0.2) is 24.3 Å². The van der Waals surface area contributed by atoms with Gasteiger partial charge in [0, 0.05) is 17.7 Å². The lowest BCUT2D eigenvalue weighted by atomic mass is 9.88. The van der Waals surface area contributed by atoms with Crippen LogP contribution in [0, 0.1) is 12.8 Å². The van der Waals surface area contributed by atoms with Crippen molar-refractivity contribution in [3.8, 4) is 0 Å². The number of carboxylic acid groups (broad SMARTS) is 1. The predicted molar refractivity (Wildman–Crippen MR) is 83.1 cm³/mol. The van der Waals surface area contributed by atoms with E-state index in [1.807, 2.05) is 25.1 Å². The highest BCUT2D eigenvalue weighted by atomic mass is 16.4. The molecule has 4 heteroatoms. The molecule has 0 spiro atoms. The maximum Gasteiger partial charge on any atom is 0.328 e. The number of anilines is 1. The minimum Gasteiger partial charge on any atom is -0.478 e. The molecule has 1 aliphatic carbocycles. The van der Waals surface area contributed by atoms with Crippen molar-refractivity contribution in [2.24, 2.45) is 5.92 Å². The number of benzene rings is 1. The van der Waals surface area contributed by atoms with Crippen LogP contribution < -0.4 is 5.32 Å². The zero-order valence-electron chi connectivity index (χ0n) is 12.3. The fourth-order valence-electron chi connectivity index (χ4n) is 2.67. The van der Waals surface area contributed by atoms with E-state index in [-0.39, 0.29) is 11.8 Å². The molecular formula is C17H21NO3. The van der Waals surface area contributed by atoms with Gasteiger partial charge in [0.05, 0.1) is 0 Å². The molecule has 1 saturated carbocycles. The van der Waals surface area contributed by atoms with E-state index in [0.717, 1.165) is 48.6 Å². The van der Waals surface area contributed by atoms with Crippen molar-refractivity contribution in [3.63, 3.8) is 0 Å². The second-order valence-electron chi connectivity index (χ2n) is 5.57. The third kappa shape index (κ3) is 4.45. The minimum absolute atomic E-state index is 0.0757. The van der Waals surface area contributed by atoms with Gasteiger partial charge in [0.1, 0.15) is 0 Å². The van der Waals surface area contributed by atoms with Gasteiger partial charge in [0.25, 0.3) is 0 Å². The number of aliphatic carboxylic acids is 1. The van der Waals surface area contributed by atoms with Crippen LogP contribution in [-0.2, 0) is 9.59 Å². The van der Waals surface area contributed by atoms with E-state index in [0.29, 0.717) is 0 Å². The summed E-state index contributed by atoms with van der Waals surface area (Å²) >= 11 is 0. The Morgan fingerprint density at radius 1 is 1.24 bits per heavy atom. The van der Waals surface area contributed by atoms with Gasteiger partial charge >= 0.3 is 5.97 Å². The number of aryl methyl sites for hydroxylation is 1. The van der Waals surface area contributed by atoms with Crippen LogP contribution in [0.1, 0.15) is 43.2 Å². The van der Waals surface area contributed by atoms with E-state index in [9.17, 15) is 9.59 Å². The van der Waals surface area contributed by atoms with Gasteiger partial charge in [-0.1, -0.05) is 25.3 Å². The molecule has 0 bridgehead atoms. The Hall–Kier alpha value is -2.10. The highest BCUT2D eigenvalue weighted by molar-refractivity contribution is 5.93. The minimum atomic E-state index is -0.981. The molecule has 4 nitrogen and oxygen atoms in total. The van der Waals surface area contributed by atoms with Crippen LogP contribution in [0.5, 0.6) is 0 Å². The molecule has 0 atom stereocenters. The number of carbonyl (C=O) groups excluding carboxylic acids is 1. The molecule has 0 aromatic heterocycles. The summed E-state index contributed by atoms with van der Waals surface area (Å²) in [5.74, 6) is -0.796. The maximum absolute atomic E-state index is 12.2. The second-order valence-corrected chi connectivity index (χ2v) is 5.57. The molecule has 1 aliphatic rings. The van der Waals surface area contributed by atoms with Gasteiger partial charge in [-0.3, -0.25) is 4.79 Å². The summed E-state index contributed by atoms with van der Waals surface area (Å²) in [5.41, 5.74) is 2.50. The SMILES string of the molecule is Cc1ccc(NC(=O)C2CCCCC2)cc1/C=C/C(=O)O. The molecule has 0 unspecified atom stereocenters. The third-order valence-corrected chi connectivity index (χ3v) is 3.93. The van der Waals surface area contributed by atoms with E-state index >= 15 is 0 Å². The Kier molecular flexibility index (Phi) is 5.14. The normalized spacial score (nSPS) is 16.0. The first-order valence-electron chi connectivity index (χ1n) is 7.39. The average molecular weight is 287 g/mol. The van der Waals surface area contributed by atoms with Crippen molar-refractivity contribution < 1.29 is 14.7 Å². The Morgan fingerprint density at radius 2 is 1.95 bits per heavy atom. The summed E-state index contributed by atoms with van der Waals surface area (Å²) in [7, 11) is 0. The number of hydrogen-bond acceptors (Lipinski definition) is 2. The molecule has 0 aliphatic heterocycles. The summed E-state index contributed by atoms with van der Waals surface area (Å²) < 4.78 is 0. The lowest BCUT2D eigenvalue weighted by molar-refractivity contribution is -0.131. The van der Waals surface area contributed by atoms with Crippen molar-refractivity contribution >= 4 is 23.6 Å². The van der Waals surface area contributed by atoms with E-state index in [2.05, 4.69) is 5.32 Å². The molecule has 1 fully saturated rings. The summed E-state index contributed by atoms with van der Waals surface area (Å²) in [5, 5.41) is 11.6. The standard InChI is InChI=1S/C17H21NO3/c1-12-7-9-15(11-14(12)8-10-16(19)20)18-17(21)13-5-3-2-4-6-13/h7-11,13H,2-6H2,1H3,(H,18,21)(H,19,20)/b10-8+. The van der Waals surface area contributed by atoms with Crippen LogP contribution in [0.3, 0.4) is 0 Å². The molecular weight excluding hydrogens is 266 g/mol. The van der Waals surface area contributed by atoms with Gasteiger partial charge in [-0.2, -0.15) is 0 Å². The fourth-order valence-corrected chi connectivity index (χ4v) is 2.67. The van der Waals surface area contributed by atoms with Gasteiger partial charge < -0.3 is 10.4 Å². The maximum atomic E-state index is 12.2. The number of hydrogen-bond donors (Lipinski definition) is 2. The Morgan fingerprint density at radius 3 is 2.62 bits per heavy atom. The number of carboxylic acids is 1. The molecule has 1 amide bonds. The molecule has 2 N–H and O–H groups in total. The summed E-state index contributed by atoms with van der Waals surface area (Å²) in [4.78, 5) is 22.8. The second kappa shape index (κ2) is 7.07. The van der Waals surface area contributed by atoms with Crippen LogP contribution in [0.25, 0.3) is 6.08 Å². The zero-order valence-corrected chi connectivity index (χ0v) is 12.3. The molecule has 1 aromatic carbocycles. The van der Waals surface area contributed by atoms with Gasteiger partial charge in [-0.05, 0) is 49.1 Å². The van der Waals surface area contributed by atoms with Gasteiger partial charge in [0.2, 0.25) is 5.91 Å². The number of amides is 1. The molecule has 2 rings (SSSR count). The van der Waals surface area contributed by atoms with Gasteiger partial charge in [0.15, 0.2) is 0 Å². The zero-order chi connectivity index (χ0) is 15.2. The topological polar surface area (TPSA) is 66.4 Å². The first-order valence-corrected chi connectivity index (χ1v) is 7.39. The Bertz CT molecular complexity index is 557. The molecule has 112 valence electrons. The Labute approximate surface area is 124 Å². The summed E-state index contributed by atoms with van der Waals surface area (Å²) in [6.45, 7) is 1.91. The van der Waals surface area contributed by atoms with Gasteiger partial charge in [-0.15, -0.1) is 0 Å². The van der Waals surface area contributed by atoms with E-state index in [4.69, 9.17) is 5.11 Å². The average Bonchev–Trinajstić information content (AvgIpc) is 2.48. The number of nitrogens with one attached hydrogen (secondary N) is 1. The van der Waals surface area contributed by atoms with Crippen LogP contribution in [-0.4, -0.2) is 17.0 Å². The van der Waals surface area contributed by atoms with Crippen molar-refractivity contribution in [1.29, 1.82) is 0 Å². The largest absolute Gasteiger partial charge is 0.478 e. The third-order valence-electron chi connectivity index (χ3n) is 3.93. The highest BCUT2D eigenvalue weighted by Gasteiger charge is 2.21. The first kappa shape index (κ1) is 15.3. The lowest BCUT2D eigenvalue weighted by Gasteiger charge is -2.21. The van der Waals surface area contributed by atoms with Crippen LogP contribution >= 0.6 is 0 Å². The first-order chi connectivity index (χ1) is 10.1. The quantitative estimate of drug-likeness (QED) is 0.831. The van der Waals surface area contributed by atoms with Crippen molar-refractivity contribution in [1.82, 2.24) is 0 Å². The monoisotopic (exact) mass is 287 g/mol. The highest BCUT2D eigenvalue weighted by Crippen LogP contribution is 2.25. The van der Waals surface area contributed by atoms with Crippen molar-refractivity contribution in [2.75, 3.05) is 5.32 Å². The predicted octanol–water partition coefficient (Wildman–Crippen LogP) is 3.61. The molecule has 0 saturated heterocycles. The molecule has 0 heterocycles. The molecule has 0 radical (unpaired) electrons. The van der Waals surface area contributed by atoms with E-state index in [1.165, 1.54) is 6.42 Å². The van der Waals surface area contributed by atoms with Crippen molar-refractivity contribution in [2.45, 2.75) is 39.0 Å².